The van der Waals surface area contributed by atoms with Crippen molar-refractivity contribution in [3.8, 4) is 0 Å². The van der Waals surface area contributed by atoms with Crippen LogP contribution in [0, 0.1) is 5.92 Å². The van der Waals surface area contributed by atoms with Crippen LogP contribution >= 0.6 is 22.6 Å². The molecule has 2 heteroatoms. The summed E-state index contributed by atoms with van der Waals surface area (Å²) in [6.07, 6.45) is 3.58. The van der Waals surface area contributed by atoms with Crippen LogP contribution in [-0.4, -0.2) is 10.2 Å². The van der Waals surface area contributed by atoms with Gasteiger partial charge in [0.2, 0.25) is 0 Å². The number of hydrogen-bond acceptors (Lipinski definition) is 1. The first kappa shape index (κ1) is 5.54. The summed E-state index contributed by atoms with van der Waals surface area (Å²) in [5, 5.41) is 0. The van der Waals surface area contributed by atoms with Gasteiger partial charge in [-0.2, -0.15) is 0 Å². The Balaban J connectivity index is 2.22. The molecule has 0 N–H and O–H groups in total. The summed E-state index contributed by atoms with van der Waals surface area (Å²) in [6.45, 7) is 0. The van der Waals surface area contributed by atoms with Gasteiger partial charge in [-0.1, -0.05) is 22.6 Å². The molecule has 1 aliphatic rings. The molecule has 0 aromatic carbocycles. The molecule has 1 atom stereocenters. The van der Waals surface area contributed by atoms with E-state index in [1.54, 1.807) is 0 Å². The Labute approximate surface area is 56.6 Å². The van der Waals surface area contributed by atoms with Gasteiger partial charge in [0, 0.05) is 0 Å². The summed E-state index contributed by atoms with van der Waals surface area (Å²) in [5.41, 5.74) is 0. The molecule has 7 heavy (non-hydrogen) atoms. The molecule has 0 saturated heterocycles. The van der Waals surface area contributed by atoms with Gasteiger partial charge in [0.25, 0.3) is 0 Å². The zero-order chi connectivity index (χ0) is 5.28. The van der Waals surface area contributed by atoms with E-state index >= 15 is 0 Å². The number of halogens is 1. The van der Waals surface area contributed by atoms with Crippen LogP contribution in [0.3, 0.4) is 0 Å². The molecule has 1 aliphatic carbocycles. The maximum atomic E-state index is 9.98. The summed E-state index contributed by atoms with van der Waals surface area (Å²) in [5.74, 6) is 0.734. The van der Waals surface area contributed by atoms with Crippen molar-refractivity contribution in [3.63, 3.8) is 0 Å². The van der Waals surface area contributed by atoms with Crippen LogP contribution in [-0.2, 0) is 4.79 Å². The molecule has 0 spiro atoms. The Morgan fingerprint density at radius 1 is 1.71 bits per heavy atom. The largest absolute Gasteiger partial charge is 0.302 e. The van der Waals surface area contributed by atoms with Crippen LogP contribution in [0.2, 0.25) is 0 Å². The van der Waals surface area contributed by atoms with E-state index in [4.69, 9.17) is 0 Å². The van der Waals surface area contributed by atoms with Crippen molar-refractivity contribution in [3.05, 3.63) is 0 Å². The number of carbonyl (C=O) groups excluding carboxylic acids is 1. The first-order chi connectivity index (χ1) is 3.34. The number of rotatable bonds is 2. The van der Waals surface area contributed by atoms with E-state index in [1.807, 2.05) is 0 Å². The third-order valence-electron chi connectivity index (χ3n) is 1.20. The lowest BCUT2D eigenvalue weighted by molar-refractivity contribution is -0.107. The van der Waals surface area contributed by atoms with E-state index in [0.717, 1.165) is 12.2 Å². The summed E-state index contributed by atoms with van der Waals surface area (Å²) in [6, 6.07) is 0. The third-order valence-corrected chi connectivity index (χ3v) is 2.51. The van der Waals surface area contributed by atoms with Crippen LogP contribution in [0.25, 0.3) is 0 Å². The smallest absolute Gasteiger partial charge is 0.133 e. The Bertz CT molecular complexity index is 78.1. The predicted octanol–water partition coefficient (Wildman–Crippen LogP) is 1.40. The second kappa shape index (κ2) is 2.11. The standard InChI is InChI=1S/C5H7IO/c6-5(3-7)4-1-2-4/h3-5H,1-2H2/t5-/m0/s1. The molecule has 0 amide bonds. The zero-order valence-corrected chi connectivity index (χ0v) is 6.09. The molecule has 0 aromatic heterocycles. The van der Waals surface area contributed by atoms with E-state index in [2.05, 4.69) is 22.6 Å². The first-order valence-corrected chi connectivity index (χ1v) is 3.68. The average Bonchev–Trinajstić information content (AvgIpc) is 2.44. The monoisotopic (exact) mass is 210 g/mol. The lowest BCUT2D eigenvalue weighted by atomic mass is 10.3. The van der Waals surface area contributed by atoms with Crippen molar-refractivity contribution < 1.29 is 4.79 Å². The number of carbonyl (C=O) groups is 1. The fraction of sp³-hybridized carbons (Fsp3) is 0.800. The lowest BCUT2D eigenvalue weighted by Gasteiger charge is -1.90. The third kappa shape index (κ3) is 1.40. The minimum Gasteiger partial charge on any atom is -0.302 e. The van der Waals surface area contributed by atoms with Gasteiger partial charge in [-0.15, -0.1) is 0 Å². The highest BCUT2D eigenvalue weighted by Crippen LogP contribution is 2.35. The Morgan fingerprint density at radius 2 is 2.29 bits per heavy atom. The van der Waals surface area contributed by atoms with Crippen molar-refractivity contribution in [1.29, 1.82) is 0 Å². The fourth-order valence-corrected chi connectivity index (χ4v) is 1.24. The van der Waals surface area contributed by atoms with Crippen molar-refractivity contribution in [2.45, 2.75) is 16.8 Å². The Hall–Kier alpha value is 0.400. The Kier molecular flexibility index (Phi) is 1.67. The van der Waals surface area contributed by atoms with Crippen LogP contribution in [0.15, 0.2) is 0 Å². The van der Waals surface area contributed by atoms with Crippen molar-refractivity contribution in [2.24, 2.45) is 5.92 Å². The maximum Gasteiger partial charge on any atom is 0.133 e. The highest BCUT2D eigenvalue weighted by Gasteiger charge is 2.28. The molecular formula is C5H7IO. The van der Waals surface area contributed by atoms with Gasteiger partial charge < -0.3 is 4.79 Å². The van der Waals surface area contributed by atoms with Gasteiger partial charge in [-0.3, -0.25) is 0 Å². The second-order valence-electron chi connectivity index (χ2n) is 1.92. The molecule has 0 heterocycles. The molecule has 1 rings (SSSR count). The van der Waals surface area contributed by atoms with Crippen LogP contribution < -0.4 is 0 Å². The van der Waals surface area contributed by atoms with E-state index < -0.39 is 0 Å². The summed E-state index contributed by atoms with van der Waals surface area (Å²) < 4.78 is 0.303. The van der Waals surface area contributed by atoms with E-state index in [0.29, 0.717) is 3.92 Å². The quantitative estimate of drug-likeness (QED) is 0.382. The summed E-state index contributed by atoms with van der Waals surface area (Å²) >= 11 is 2.19. The average molecular weight is 210 g/mol. The number of alkyl halides is 1. The van der Waals surface area contributed by atoms with Crippen LogP contribution in [0.4, 0.5) is 0 Å². The van der Waals surface area contributed by atoms with E-state index in [9.17, 15) is 4.79 Å². The van der Waals surface area contributed by atoms with E-state index in [-0.39, 0.29) is 0 Å². The molecule has 40 valence electrons. The maximum absolute atomic E-state index is 9.98. The summed E-state index contributed by atoms with van der Waals surface area (Å²) in [4.78, 5) is 9.98. The topological polar surface area (TPSA) is 17.1 Å². The minimum atomic E-state index is 0.303. The van der Waals surface area contributed by atoms with Gasteiger partial charge >= 0.3 is 0 Å². The molecule has 0 unspecified atom stereocenters. The molecule has 1 nitrogen and oxygen atoms in total. The van der Waals surface area contributed by atoms with Gasteiger partial charge in [-0.05, 0) is 18.8 Å². The minimum absolute atomic E-state index is 0.303. The van der Waals surface area contributed by atoms with Gasteiger partial charge in [0.15, 0.2) is 0 Å². The molecule has 0 aromatic rings. The highest BCUT2D eigenvalue weighted by atomic mass is 127. The fourth-order valence-electron chi connectivity index (χ4n) is 0.526. The molecule has 0 aliphatic heterocycles. The first-order valence-electron chi connectivity index (χ1n) is 2.44. The summed E-state index contributed by atoms with van der Waals surface area (Å²) in [7, 11) is 0. The van der Waals surface area contributed by atoms with Gasteiger partial charge in [-0.25, -0.2) is 0 Å². The molecular weight excluding hydrogens is 203 g/mol. The van der Waals surface area contributed by atoms with Crippen LogP contribution in [0.5, 0.6) is 0 Å². The van der Waals surface area contributed by atoms with Gasteiger partial charge in [0.05, 0.1) is 3.92 Å². The number of aldehydes is 1. The zero-order valence-electron chi connectivity index (χ0n) is 3.93. The molecule has 1 fully saturated rings. The second-order valence-corrected chi connectivity index (χ2v) is 3.36. The Morgan fingerprint density at radius 3 is 2.43 bits per heavy atom. The predicted molar refractivity (Wildman–Crippen MR) is 36.6 cm³/mol. The number of hydrogen-bond donors (Lipinski definition) is 0. The lowest BCUT2D eigenvalue weighted by Crippen LogP contribution is -1.99. The molecule has 1 saturated carbocycles. The van der Waals surface area contributed by atoms with Crippen molar-refractivity contribution in [2.75, 3.05) is 0 Å². The molecule has 0 bridgehead atoms. The SMILES string of the molecule is O=C[C@H](I)C1CC1. The molecule has 0 radical (unpaired) electrons. The normalized spacial score (nSPS) is 24.1. The van der Waals surface area contributed by atoms with E-state index in [1.165, 1.54) is 12.8 Å². The van der Waals surface area contributed by atoms with Gasteiger partial charge in [0.1, 0.15) is 6.29 Å². The highest BCUT2D eigenvalue weighted by molar-refractivity contribution is 14.1. The van der Waals surface area contributed by atoms with Crippen molar-refractivity contribution in [1.82, 2.24) is 0 Å². The van der Waals surface area contributed by atoms with Crippen LogP contribution in [0.1, 0.15) is 12.8 Å². The van der Waals surface area contributed by atoms with Crippen molar-refractivity contribution >= 4 is 28.9 Å².